The number of carbonyl (C=O) groups excluding carboxylic acids is 2. The number of nitrogens with one attached hydrogen (secondary N) is 1. The molecule has 0 radical (unpaired) electrons. The van der Waals surface area contributed by atoms with Gasteiger partial charge < -0.3 is 4.57 Å². The van der Waals surface area contributed by atoms with Crippen molar-refractivity contribution in [3.05, 3.63) is 83.0 Å². The highest BCUT2D eigenvalue weighted by Crippen LogP contribution is 2.40. The lowest BCUT2D eigenvalue weighted by molar-refractivity contribution is -0.122. The zero-order chi connectivity index (χ0) is 19.4. The molecule has 1 N–H and O–H groups in total. The SMILES string of the molecule is Cn1cc(C2=C(c3c(Cl)ccc4ccccc34)C(=O)NC2=O)c2ccccc21. The minimum atomic E-state index is -0.425. The fraction of sp³-hybridized carbons (Fsp3) is 0.0435. The van der Waals surface area contributed by atoms with Crippen LogP contribution in [0.3, 0.4) is 0 Å². The van der Waals surface area contributed by atoms with Crippen LogP contribution in [0.1, 0.15) is 11.1 Å². The molecule has 2 heterocycles. The smallest absolute Gasteiger partial charge is 0.259 e. The van der Waals surface area contributed by atoms with Gasteiger partial charge in [0.15, 0.2) is 0 Å². The summed E-state index contributed by atoms with van der Waals surface area (Å²) in [5, 5.41) is 5.61. The van der Waals surface area contributed by atoms with Crippen LogP contribution in [0.15, 0.2) is 66.9 Å². The molecule has 1 aliphatic rings. The van der Waals surface area contributed by atoms with Crippen LogP contribution in [0.25, 0.3) is 32.8 Å². The Balaban J connectivity index is 1.92. The maximum absolute atomic E-state index is 12.9. The molecular formula is C23H15ClN2O2. The molecule has 2 amide bonds. The minimum absolute atomic E-state index is 0.322. The van der Waals surface area contributed by atoms with Crippen LogP contribution in [0.4, 0.5) is 0 Å². The lowest BCUT2D eigenvalue weighted by atomic mass is 9.92. The van der Waals surface area contributed by atoms with Crippen molar-refractivity contribution in [2.75, 3.05) is 0 Å². The quantitative estimate of drug-likeness (QED) is 0.514. The Bertz CT molecular complexity index is 1350. The first-order valence-electron chi connectivity index (χ1n) is 8.88. The summed E-state index contributed by atoms with van der Waals surface area (Å²) < 4.78 is 1.95. The Morgan fingerprint density at radius 3 is 2.32 bits per heavy atom. The molecule has 0 saturated heterocycles. The van der Waals surface area contributed by atoms with Gasteiger partial charge in [0.25, 0.3) is 11.8 Å². The average Bonchev–Trinajstić information content (AvgIpc) is 3.17. The Morgan fingerprint density at radius 1 is 0.821 bits per heavy atom. The summed E-state index contributed by atoms with van der Waals surface area (Å²) in [4.78, 5) is 25.7. The molecule has 0 fully saturated rings. The number of fused-ring (bicyclic) bond motifs is 2. The number of hydrogen-bond donors (Lipinski definition) is 1. The summed E-state index contributed by atoms with van der Waals surface area (Å²) in [6.45, 7) is 0. The molecule has 0 unspecified atom stereocenters. The van der Waals surface area contributed by atoms with Crippen LogP contribution in [0, 0.1) is 0 Å². The molecule has 0 aliphatic carbocycles. The van der Waals surface area contributed by atoms with Crippen molar-refractivity contribution >= 4 is 56.2 Å². The summed E-state index contributed by atoms with van der Waals surface area (Å²) in [6, 6.07) is 19.2. The monoisotopic (exact) mass is 386 g/mol. The van der Waals surface area contributed by atoms with Gasteiger partial charge in [-0.3, -0.25) is 14.9 Å². The Hall–Kier alpha value is -3.37. The fourth-order valence-electron chi connectivity index (χ4n) is 3.99. The standard InChI is InChI=1S/C23H15ClN2O2/c1-26-12-16(15-8-4-5-9-18(15)26)20-21(23(28)25-22(20)27)19-14-7-3-2-6-13(14)10-11-17(19)24/h2-12H,1H3,(H,25,27,28). The fourth-order valence-corrected chi connectivity index (χ4v) is 4.25. The number of imide groups is 1. The topological polar surface area (TPSA) is 51.1 Å². The van der Waals surface area contributed by atoms with Crippen LogP contribution in [0.5, 0.6) is 0 Å². The summed E-state index contributed by atoms with van der Waals surface area (Å²) in [7, 11) is 1.92. The first kappa shape index (κ1) is 16.8. The third-order valence-electron chi connectivity index (χ3n) is 5.23. The Morgan fingerprint density at radius 2 is 1.50 bits per heavy atom. The highest BCUT2D eigenvalue weighted by Gasteiger charge is 2.35. The Kier molecular flexibility index (Phi) is 3.64. The highest BCUT2D eigenvalue weighted by atomic mass is 35.5. The van der Waals surface area contributed by atoms with Crippen molar-refractivity contribution in [1.29, 1.82) is 0 Å². The van der Waals surface area contributed by atoms with E-state index in [-0.39, 0.29) is 0 Å². The number of benzene rings is 3. The molecule has 1 aliphatic heterocycles. The maximum Gasteiger partial charge on any atom is 0.259 e. The van der Waals surface area contributed by atoms with Crippen LogP contribution >= 0.6 is 11.6 Å². The first-order chi connectivity index (χ1) is 13.6. The minimum Gasteiger partial charge on any atom is -0.350 e. The number of rotatable bonds is 2. The largest absolute Gasteiger partial charge is 0.350 e. The number of nitrogens with zero attached hydrogens (tertiary/aromatic N) is 1. The molecule has 5 rings (SSSR count). The van der Waals surface area contributed by atoms with E-state index in [4.69, 9.17) is 11.6 Å². The molecular weight excluding hydrogens is 372 g/mol. The van der Waals surface area contributed by atoms with Crippen LogP contribution in [0.2, 0.25) is 5.02 Å². The molecule has 4 aromatic rings. The number of carbonyl (C=O) groups is 2. The summed E-state index contributed by atoms with van der Waals surface area (Å²) in [5.74, 6) is -0.827. The maximum atomic E-state index is 12.9. The van der Waals surface area contributed by atoms with Crippen LogP contribution < -0.4 is 5.32 Å². The van der Waals surface area contributed by atoms with Crippen molar-refractivity contribution in [3.8, 4) is 0 Å². The van der Waals surface area contributed by atoms with Crippen molar-refractivity contribution in [1.82, 2.24) is 9.88 Å². The van der Waals surface area contributed by atoms with Crippen LogP contribution in [-0.2, 0) is 16.6 Å². The third kappa shape index (κ3) is 2.31. The molecule has 0 bridgehead atoms. The van der Waals surface area contributed by atoms with Crippen molar-refractivity contribution in [2.45, 2.75) is 0 Å². The molecule has 0 spiro atoms. The second-order valence-corrected chi connectivity index (χ2v) is 7.25. The molecule has 1 aromatic heterocycles. The molecule has 5 heteroatoms. The second-order valence-electron chi connectivity index (χ2n) is 6.85. The van der Waals surface area contributed by atoms with Gasteiger partial charge in [-0.25, -0.2) is 0 Å². The third-order valence-corrected chi connectivity index (χ3v) is 5.54. The predicted octanol–water partition coefficient (Wildman–Crippen LogP) is 4.55. The lowest BCUT2D eigenvalue weighted by Gasteiger charge is -2.10. The number of aromatic nitrogens is 1. The molecule has 4 nitrogen and oxygen atoms in total. The van der Waals surface area contributed by atoms with Gasteiger partial charge in [0.1, 0.15) is 0 Å². The van der Waals surface area contributed by atoms with E-state index in [2.05, 4.69) is 5.32 Å². The number of aryl methyl sites for hydroxylation is 1. The van der Waals surface area contributed by atoms with E-state index in [9.17, 15) is 9.59 Å². The van der Waals surface area contributed by atoms with Gasteiger partial charge in [0.05, 0.1) is 11.1 Å². The summed E-state index contributed by atoms with van der Waals surface area (Å²) in [6.07, 6.45) is 1.89. The van der Waals surface area contributed by atoms with Gasteiger partial charge in [-0.2, -0.15) is 0 Å². The normalized spacial score (nSPS) is 14.4. The van der Waals surface area contributed by atoms with Crippen molar-refractivity contribution in [3.63, 3.8) is 0 Å². The lowest BCUT2D eigenvalue weighted by Crippen LogP contribution is -2.22. The van der Waals surface area contributed by atoms with E-state index in [1.165, 1.54) is 0 Å². The molecule has 3 aromatic carbocycles. The van der Waals surface area contributed by atoms with Gasteiger partial charge in [-0.15, -0.1) is 0 Å². The molecule has 28 heavy (non-hydrogen) atoms. The van der Waals surface area contributed by atoms with E-state index in [1.54, 1.807) is 6.07 Å². The Labute approximate surface area is 166 Å². The second kappa shape index (κ2) is 6.08. The van der Waals surface area contributed by atoms with E-state index >= 15 is 0 Å². The highest BCUT2D eigenvalue weighted by molar-refractivity contribution is 6.52. The van der Waals surface area contributed by atoms with E-state index in [1.807, 2.05) is 72.4 Å². The van der Waals surface area contributed by atoms with Gasteiger partial charge in [0, 0.05) is 40.3 Å². The summed E-state index contributed by atoms with van der Waals surface area (Å²) >= 11 is 6.54. The predicted molar refractivity (Wildman–Crippen MR) is 112 cm³/mol. The molecule has 0 saturated carbocycles. The number of hydrogen-bond acceptors (Lipinski definition) is 2. The van der Waals surface area contributed by atoms with Crippen molar-refractivity contribution in [2.24, 2.45) is 7.05 Å². The number of amides is 2. The van der Waals surface area contributed by atoms with Gasteiger partial charge in [0.2, 0.25) is 0 Å². The van der Waals surface area contributed by atoms with E-state index in [0.29, 0.717) is 21.7 Å². The summed E-state index contributed by atoms with van der Waals surface area (Å²) in [5.41, 5.74) is 2.98. The van der Waals surface area contributed by atoms with E-state index in [0.717, 1.165) is 27.2 Å². The average molecular weight is 387 g/mol. The van der Waals surface area contributed by atoms with E-state index < -0.39 is 11.8 Å². The molecule has 136 valence electrons. The van der Waals surface area contributed by atoms with Gasteiger partial charge in [-0.1, -0.05) is 60.1 Å². The number of halogens is 1. The van der Waals surface area contributed by atoms with Crippen molar-refractivity contribution < 1.29 is 9.59 Å². The van der Waals surface area contributed by atoms with Crippen LogP contribution in [-0.4, -0.2) is 16.4 Å². The van der Waals surface area contributed by atoms with Gasteiger partial charge in [-0.05, 0) is 22.9 Å². The number of para-hydroxylation sites is 1. The first-order valence-corrected chi connectivity index (χ1v) is 9.26. The molecule has 0 atom stereocenters. The van der Waals surface area contributed by atoms with Gasteiger partial charge >= 0.3 is 0 Å². The zero-order valence-electron chi connectivity index (χ0n) is 15.0. The zero-order valence-corrected chi connectivity index (χ0v) is 15.7.